The minimum Gasteiger partial charge on any atom is -0.379 e. The summed E-state index contributed by atoms with van der Waals surface area (Å²) in [6.45, 7) is 5.13. The predicted octanol–water partition coefficient (Wildman–Crippen LogP) is 2.80. The lowest BCUT2D eigenvalue weighted by Gasteiger charge is -2.31. The van der Waals surface area contributed by atoms with Crippen LogP contribution in [-0.2, 0) is 4.74 Å². The first kappa shape index (κ1) is 12.8. The minimum absolute atomic E-state index is 0.0677. The third-order valence-electron chi connectivity index (χ3n) is 3.72. The van der Waals surface area contributed by atoms with Crippen LogP contribution in [0.1, 0.15) is 17.3 Å². The zero-order valence-corrected chi connectivity index (χ0v) is 11.8. The maximum Gasteiger partial charge on any atom is 0.181 e. The number of Topliss-reactive ketones (excluding diaryl/α,β-unsaturated/α-hetero) is 1. The highest BCUT2D eigenvalue weighted by atomic mass is 32.1. The number of carbonyl (C=O) groups is 1. The zero-order valence-electron chi connectivity index (χ0n) is 11.0. The number of morpholine rings is 1. The van der Waals surface area contributed by atoms with Gasteiger partial charge in [0.1, 0.15) is 0 Å². The molecule has 0 radical (unpaired) electrons. The van der Waals surface area contributed by atoms with Gasteiger partial charge in [0.05, 0.1) is 19.3 Å². The van der Waals surface area contributed by atoms with E-state index >= 15 is 0 Å². The van der Waals surface area contributed by atoms with Crippen molar-refractivity contribution in [2.75, 3.05) is 26.3 Å². The largest absolute Gasteiger partial charge is 0.379 e. The third kappa shape index (κ3) is 2.43. The Kier molecular flexibility index (Phi) is 3.64. The monoisotopic (exact) mass is 275 g/mol. The molecule has 0 bridgehead atoms. The van der Waals surface area contributed by atoms with Crippen molar-refractivity contribution in [3.05, 3.63) is 35.2 Å². The Hall–Kier alpha value is -1.23. The summed E-state index contributed by atoms with van der Waals surface area (Å²) in [6, 6.07) is 8.03. The molecule has 0 amide bonds. The number of ether oxygens (including phenoxy) is 1. The van der Waals surface area contributed by atoms with E-state index in [0.717, 1.165) is 37.3 Å². The Morgan fingerprint density at radius 1 is 1.32 bits per heavy atom. The van der Waals surface area contributed by atoms with Crippen LogP contribution in [0.15, 0.2) is 29.6 Å². The van der Waals surface area contributed by atoms with Gasteiger partial charge in [-0.1, -0.05) is 18.2 Å². The molecule has 1 saturated heterocycles. The molecule has 0 saturated carbocycles. The van der Waals surface area contributed by atoms with Gasteiger partial charge in [-0.3, -0.25) is 9.69 Å². The van der Waals surface area contributed by atoms with Crippen molar-refractivity contribution in [3.63, 3.8) is 0 Å². The second kappa shape index (κ2) is 5.41. The van der Waals surface area contributed by atoms with E-state index in [4.69, 9.17) is 4.74 Å². The number of thiophene rings is 1. The van der Waals surface area contributed by atoms with Crippen molar-refractivity contribution < 1.29 is 9.53 Å². The number of rotatable bonds is 3. The first-order chi connectivity index (χ1) is 9.27. The standard InChI is InChI=1S/C15H17NO2S/c1-11(16-6-8-18-9-7-16)15(17)13-10-19-14-5-3-2-4-12(13)14/h2-5,10-11H,6-9H2,1H3. The number of carbonyl (C=O) groups excluding carboxylic acids is 1. The highest BCUT2D eigenvalue weighted by Gasteiger charge is 2.25. The second-order valence-electron chi connectivity index (χ2n) is 4.83. The number of fused-ring (bicyclic) bond motifs is 1. The Bertz CT molecular complexity index is 587. The van der Waals surface area contributed by atoms with E-state index in [2.05, 4.69) is 11.0 Å². The number of hydrogen-bond acceptors (Lipinski definition) is 4. The summed E-state index contributed by atoms with van der Waals surface area (Å²) in [5.74, 6) is 0.222. The van der Waals surface area contributed by atoms with Gasteiger partial charge in [0.15, 0.2) is 5.78 Å². The fourth-order valence-electron chi connectivity index (χ4n) is 2.52. The van der Waals surface area contributed by atoms with Crippen molar-refractivity contribution in [1.29, 1.82) is 0 Å². The van der Waals surface area contributed by atoms with E-state index in [0.29, 0.717) is 0 Å². The highest BCUT2D eigenvalue weighted by Crippen LogP contribution is 2.27. The molecule has 1 atom stereocenters. The maximum absolute atomic E-state index is 12.6. The predicted molar refractivity (Wildman–Crippen MR) is 78.0 cm³/mol. The molecule has 0 spiro atoms. The van der Waals surface area contributed by atoms with Crippen LogP contribution in [0.3, 0.4) is 0 Å². The van der Waals surface area contributed by atoms with Gasteiger partial charge in [0.2, 0.25) is 0 Å². The summed E-state index contributed by atoms with van der Waals surface area (Å²) in [7, 11) is 0. The lowest BCUT2D eigenvalue weighted by atomic mass is 10.0. The van der Waals surface area contributed by atoms with Gasteiger partial charge in [0.25, 0.3) is 0 Å². The van der Waals surface area contributed by atoms with Gasteiger partial charge in [-0.05, 0) is 13.0 Å². The third-order valence-corrected chi connectivity index (χ3v) is 4.68. The second-order valence-corrected chi connectivity index (χ2v) is 5.75. The lowest BCUT2D eigenvalue weighted by molar-refractivity contribution is 0.0209. The Morgan fingerprint density at radius 3 is 2.84 bits per heavy atom. The van der Waals surface area contributed by atoms with Crippen LogP contribution in [-0.4, -0.2) is 43.0 Å². The molecule has 3 nitrogen and oxygen atoms in total. The SMILES string of the molecule is CC(C(=O)c1csc2ccccc12)N1CCOCC1. The first-order valence-electron chi connectivity index (χ1n) is 6.59. The quantitative estimate of drug-likeness (QED) is 0.807. The van der Waals surface area contributed by atoms with Gasteiger partial charge in [-0.15, -0.1) is 11.3 Å². The van der Waals surface area contributed by atoms with Crippen LogP contribution in [0, 0.1) is 0 Å². The average Bonchev–Trinajstić information content (AvgIpc) is 2.90. The van der Waals surface area contributed by atoms with E-state index in [1.54, 1.807) is 11.3 Å². The molecule has 4 heteroatoms. The molecule has 0 N–H and O–H groups in total. The first-order valence-corrected chi connectivity index (χ1v) is 7.47. The molecule has 3 rings (SSSR count). The van der Waals surface area contributed by atoms with Gasteiger partial charge < -0.3 is 4.74 Å². The van der Waals surface area contributed by atoms with Gasteiger partial charge >= 0.3 is 0 Å². The van der Waals surface area contributed by atoms with Crippen molar-refractivity contribution in [1.82, 2.24) is 4.90 Å². The molecule has 0 aliphatic carbocycles. The van der Waals surface area contributed by atoms with Crippen LogP contribution in [0.5, 0.6) is 0 Å². The Balaban J connectivity index is 1.86. The van der Waals surface area contributed by atoms with E-state index in [1.807, 2.05) is 30.5 Å². The number of hydrogen-bond donors (Lipinski definition) is 0. The molecule has 1 unspecified atom stereocenters. The van der Waals surface area contributed by atoms with Crippen LogP contribution < -0.4 is 0 Å². The highest BCUT2D eigenvalue weighted by molar-refractivity contribution is 7.17. The van der Waals surface area contributed by atoms with E-state index in [9.17, 15) is 4.79 Å². The summed E-state index contributed by atoms with van der Waals surface area (Å²) in [4.78, 5) is 14.8. The lowest BCUT2D eigenvalue weighted by Crippen LogP contribution is -2.45. The maximum atomic E-state index is 12.6. The van der Waals surface area contributed by atoms with Crippen molar-refractivity contribution in [2.24, 2.45) is 0 Å². The van der Waals surface area contributed by atoms with Gasteiger partial charge in [0, 0.05) is 34.1 Å². The van der Waals surface area contributed by atoms with E-state index in [-0.39, 0.29) is 11.8 Å². The molecule has 1 aliphatic rings. The number of nitrogens with zero attached hydrogens (tertiary/aromatic N) is 1. The molecule has 1 aromatic heterocycles. The van der Waals surface area contributed by atoms with Crippen LogP contribution in [0.4, 0.5) is 0 Å². The van der Waals surface area contributed by atoms with Crippen LogP contribution >= 0.6 is 11.3 Å². The molecule has 1 aliphatic heterocycles. The minimum atomic E-state index is -0.0677. The van der Waals surface area contributed by atoms with Gasteiger partial charge in [-0.25, -0.2) is 0 Å². The molecule has 2 aromatic rings. The van der Waals surface area contributed by atoms with Crippen molar-refractivity contribution in [2.45, 2.75) is 13.0 Å². The number of ketones is 1. The molecule has 1 fully saturated rings. The Morgan fingerprint density at radius 2 is 2.05 bits per heavy atom. The van der Waals surface area contributed by atoms with E-state index < -0.39 is 0 Å². The molecular formula is C15H17NO2S. The van der Waals surface area contributed by atoms with Crippen LogP contribution in [0.2, 0.25) is 0 Å². The van der Waals surface area contributed by atoms with Crippen molar-refractivity contribution >= 4 is 27.2 Å². The summed E-state index contributed by atoms with van der Waals surface area (Å²) < 4.78 is 6.52. The summed E-state index contributed by atoms with van der Waals surface area (Å²) in [5.41, 5.74) is 0.861. The summed E-state index contributed by atoms with van der Waals surface area (Å²) in [6.07, 6.45) is 0. The molecule has 1 aromatic carbocycles. The molecule has 19 heavy (non-hydrogen) atoms. The fraction of sp³-hybridized carbons (Fsp3) is 0.400. The topological polar surface area (TPSA) is 29.5 Å². The summed E-state index contributed by atoms with van der Waals surface area (Å²) in [5, 5.41) is 3.07. The molecule has 100 valence electrons. The average molecular weight is 275 g/mol. The normalized spacial score (nSPS) is 18.6. The fourth-order valence-corrected chi connectivity index (χ4v) is 3.47. The molecule has 2 heterocycles. The summed E-state index contributed by atoms with van der Waals surface area (Å²) >= 11 is 1.64. The zero-order chi connectivity index (χ0) is 13.2. The smallest absolute Gasteiger partial charge is 0.181 e. The van der Waals surface area contributed by atoms with Crippen LogP contribution in [0.25, 0.3) is 10.1 Å². The number of benzene rings is 1. The Labute approximate surface area is 116 Å². The van der Waals surface area contributed by atoms with Crippen molar-refractivity contribution in [3.8, 4) is 0 Å². The van der Waals surface area contributed by atoms with E-state index in [1.165, 1.54) is 4.70 Å². The van der Waals surface area contributed by atoms with Gasteiger partial charge in [-0.2, -0.15) is 0 Å². The molecular weight excluding hydrogens is 258 g/mol.